The third-order valence-electron chi connectivity index (χ3n) is 3.61. The van der Waals surface area contributed by atoms with Crippen LogP contribution in [0.25, 0.3) is 0 Å². The predicted octanol–water partition coefficient (Wildman–Crippen LogP) is 2.74. The van der Waals surface area contributed by atoms with Crippen molar-refractivity contribution in [3.63, 3.8) is 0 Å². The van der Waals surface area contributed by atoms with Gasteiger partial charge in [-0.1, -0.05) is 6.07 Å². The minimum atomic E-state index is -0.0712. The maximum absolute atomic E-state index is 12.3. The van der Waals surface area contributed by atoms with Crippen molar-refractivity contribution in [3.05, 3.63) is 39.8 Å². The van der Waals surface area contributed by atoms with Crippen molar-refractivity contribution in [2.45, 2.75) is 18.8 Å². The van der Waals surface area contributed by atoms with Gasteiger partial charge in [0.05, 0.1) is 12.1 Å². The first-order valence-corrected chi connectivity index (χ1v) is 7.98. The standard InChI is InChI=1S/C16H20BrN3O2/c1-20(2)7-6-18-10-13-14(21)8-11(9-15(13)22)12-4-3-5-19-16(12)17/h3-5,10-11,21H,6-9H2,1-2H3. The van der Waals surface area contributed by atoms with Crippen LogP contribution in [0, 0.1) is 0 Å². The monoisotopic (exact) mass is 365 g/mol. The van der Waals surface area contributed by atoms with E-state index in [2.05, 4.69) is 25.9 Å². The Balaban J connectivity index is 2.11. The number of aromatic nitrogens is 1. The van der Waals surface area contributed by atoms with Crippen molar-refractivity contribution >= 4 is 27.9 Å². The molecule has 1 N–H and O–H groups in total. The van der Waals surface area contributed by atoms with Crippen LogP contribution in [-0.2, 0) is 4.79 Å². The van der Waals surface area contributed by atoms with E-state index in [1.54, 1.807) is 6.20 Å². The fraction of sp³-hybridized carbons (Fsp3) is 0.438. The topological polar surface area (TPSA) is 65.8 Å². The lowest BCUT2D eigenvalue weighted by Gasteiger charge is -2.22. The molecule has 0 bridgehead atoms. The van der Waals surface area contributed by atoms with Gasteiger partial charge in [0.15, 0.2) is 5.78 Å². The van der Waals surface area contributed by atoms with Crippen LogP contribution in [0.5, 0.6) is 0 Å². The number of halogens is 1. The highest BCUT2D eigenvalue weighted by Crippen LogP contribution is 2.35. The molecule has 5 nitrogen and oxygen atoms in total. The molecule has 0 amide bonds. The molecule has 1 heterocycles. The molecule has 0 aliphatic heterocycles. The quantitative estimate of drug-likeness (QED) is 0.643. The molecule has 0 radical (unpaired) electrons. The molecule has 1 aliphatic carbocycles. The molecule has 0 spiro atoms. The minimum Gasteiger partial charge on any atom is -0.511 e. The van der Waals surface area contributed by atoms with E-state index in [-0.39, 0.29) is 17.5 Å². The van der Waals surface area contributed by atoms with E-state index < -0.39 is 0 Å². The first-order valence-electron chi connectivity index (χ1n) is 7.19. The van der Waals surface area contributed by atoms with Gasteiger partial charge in [-0.3, -0.25) is 9.79 Å². The molecule has 1 aromatic heterocycles. The molecule has 0 aromatic carbocycles. The summed E-state index contributed by atoms with van der Waals surface area (Å²) < 4.78 is 0.726. The van der Waals surface area contributed by atoms with Crippen LogP contribution in [0.3, 0.4) is 0 Å². The molecular formula is C16H20BrN3O2. The first-order chi connectivity index (χ1) is 10.5. The number of hydrogen-bond donors (Lipinski definition) is 1. The highest BCUT2D eigenvalue weighted by Gasteiger charge is 2.28. The van der Waals surface area contributed by atoms with Gasteiger partial charge in [0.2, 0.25) is 0 Å². The second kappa shape index (κ2) is 7.65. The van der Waals surface area contributed by atoms with Gasteiger partial charge in [-0.15, -0.1) is 0 Å². The zero-order valence-electron chi connectivity index (χ0n) is 12.8. The molecule has 1 atom stereocenters. The lowest BCUT2D eigenvalue weighted by atomic mass is 9.83. The Morgan fingerprint density at radius 3 is 2.91 bits per heavy atom. The van der Waals surface area contributed by atoms with Crippen LogP contribution in [0.1, 0.15) is 24.3 Å². The number of aliphatic imine (C=N–C) groups is 1. The number of aliphatic hydroxyl groups excluding tert-OH is 1. The van der Waals surface area contributed by atoms with E-state index in [1.165, 1.54) is 6.21 Å². The summed E-state index contributed by atoms with van der Waals surface area (Å²) in [6.45, 7) is 1.42. The number of carbonyl (C=O) groups is 1. The van der Waals surface area contributed by atoms with Crippen LogP contribution in [0.15, 0.2) is 39.3 Å². The van der Waals surface area contributed by atoms with Crippen LogP contribution in [0.2, 0.25) is 0 Å². The lowest BCUT2D eigenvalue weighted by molar-refractivity contribution is -0.116. The SMILES string of the molecule is CN(C)CCN=CC1=C(O)CC(c2cccnc2Br)CC1=O. The summed E-state index contributed by atoms with van der Waals surface area (Å²) in [5.41, 5.74) is 1.29. The minimum absolute atomic E-state index is 0.0468. The predicted molar refractivity (Wildman–Crippen MR) is 90.5 cm³/mol. The molecule has 1 aromatic rings. The van der Waals surface area contributed by atoms with Crippen molar-refractivity contribution in [3.8, 4) is 0 Å². The number of nitrogens with zero attached hydrogens (tertiary/aromatic N) is 3. The van der Waals surface area contributed by atoms with Crippen LogP contribution in [0.4, 0.5) is 0 Å². The molecule has 0 saturated carbocycles. The Bertz CT molecular complexity index is 611. The molecule has 6 heteroatoms. The zero-order chi connectivity index (χ0) is 16.1. The van der Waals surface area contributed by atoms with Gasteiger partial charge in [0, 0.05) is 37.7 Å². The molecule has 1 aliphatic rings. The average Bonchev–Trinajstić information content (AvgIpc) is 2.45. The Kier molecular flexibility index (Phi) is 5.85. The van der Waals surface area contributed by atoms with E-state index in [1.807, 2.05) is 31.1 Å². The third-order valence-corrected chi connectivity index (χ3v) is 4.27. The second-order valence-electron chi connectivity index (χ2n) is 5.61. The maximum atomic E-state index is 12.3. The van der Waals surface area contributed by atoms with Crippen LogP contribution in [-0.4, -0.2) is 54.2 Å². The Morgan fingerprint density at radius 1 is 1.50 bits per heavy atom. The molecule has 118 valence electrons. The normalized spacial score (nSPS) is 19.5. The smallest absolute Gasteiger partial charge is 0.168 e. The van der Waals surface area contributed by atoms with Crippen molar-refractivity contribution in [1.82, 2.24) is 9.88 Å². The fourth-order valence-corrected chi connectivity index (χ4v) is 2.97. The molecular weight excluding hydrogens is 346 g/mol. The number of Topliss-reactive ketones (excluding diaryl/α,β-unsaturated/α-hetero) is 1. The summed E-state index contributed by atoms with van der Waals surface area (Å²) in [6, 6.07) is 3.77. The Labute approximate surface area is 138 Å². The van der Waals surface area contributed by atoms with Crippen molar-refractivity contribution in [2.75, 3.05) is 27.2 Å². The summed E-state index contributed by atoms with van der Waals surface area (Å²) >= 11 is 3.40. The Morgan fingerprint density at radius 2 is 2.27 bits per heavy atom. The summed E-state index contributed by atoms with van der Waals surface area (Å²) in [4.78, 5) is 22.7. The lowest BCUT2D eigenvalue weighted by Crippen LogP contribution is -2.20. The maximum Gasteiger partial charge on any atom is 0.168 e. The Hall–Kier alpha value is -1.53. The number of allylic oxidation sites excluding steroid dienone is 2. The molecule has 22 heavy (non-hydrogen) atoms. The number of rotatable bonds is 5. The van der Waals surface area contributed by atoms with Gasteiger partial charge >= 0.3 is 0 Å². The van der Waals surface area contributed by atoms with Gasteiger partial charge in [0.25, 0.3) is 0 Å². The molecule has 0 saturated heterocycles. The zero-order valence-corrected chi connectivity index (χ0v) is 14.4. The number of aliphatic hydroxyl groups is 1. The number of pyridine rings is 1. The number of likely N-dealkylation sites (N-methyl/N-ethyl adjacent to an activating group) is 1. The average molecular weight is 366 g/mol. The molecule has 0 fully saturated rings. The third kappa shape index (κ3) is 4.24. The number of hydrogen-bond acceptors (Lipinski definition) is 5. The summed E-state index contributed by atoms with van der Waals surface area (Å²) in [7, 11) is 3.93. The molecule has 2 rings (SSSR count). The van der Waals surface area contributed by atoms with E-state index in [9.17, 15) is 9.90 Å². The van der Waals surface area contributed by atoms with E-state index in [0.717, 1.165) is 16.7 Å². The van der Waals surface area contributed by atoms with Gasteiger partial charge in [-0.25, -0.2) is 4.98 Å². The van der Waals surface area contributed by atoms with Crippen LogP contribution >= 0.6 is 15.9 Å². The first kappa shape index (κ1) is 16.8. The molecule has 1 unspecified atom stereocenters. The van der Waals surface area contributed by atoms with Crippen molar-refractivity contribution < 1.29 is 9.90 Å². The van der Waals surface area contributed by atoms with E-state index in [4.69, 9.17) is 0 Å². The van der Waals surface area contributed by atoms with Crippen LogP contribution < -0.4 is 0 Å². The highest BCUT2D eigenvalue weighted by atomic mass is 79.9. The van der Waals surface area contributed by atoms with Crippen molar-refractivity contribution in [1.29, 1.82) is 0 Å². The van der Waals surface area contributed by atoms with Gasteiger partial charge in [0.1, 0.15) is 10.4 Å². The highest BCUT2D eigenvalue weighted by molar-refractivity contribution is 9.10. The largest absolute Gasteiger partial charge is 0.511 e. The van der Waals surface area contributed by atoms with E-state index in [0.29, 0.717) is 25.0 Å². The van der Waals surface area contributed by atoms with Gasteiger partial charge in [-0.05, 0) is 41.7 Å². The van der Waals surface area contributed by atoms with Crippen molar-refractivity contribution in [2.24, 2.45) is 4.99 Å². The second-order valence-corrected chi connectivity index (χ2v) is 6.36. The fourth-order valence-electron chi connectivity index (χ4n) is 2.39. The van der Waals surface area contributed by atoms with Gasteiger partial charge in [-0.2, -0.15) is 0 Å². The van der Waals surface area contributed by atoms with E-state index >= 15 is 0 Å². The van der Waals surface area contributed by atoms with Gasteiger partial charge < -0.3 is 10.0 Å². The number of carbonyl (C=O) groups excluding carboxylic acids is 1. The number of ketones is 1. The summed E-state index contributed by atoms with van der Waals surface area (Å²) in [5.74, 6) is -0.00166. The summed E-state index contributed by atoms with van der Waals surface area (Å²) in [6.07, 6.45) is 4.00. The summed E-state index contributed by atoms with van der Waals surface area (Å²) in [5, 5.41) is 10.2.